The number of aromatic amines is 2. The van der Waals surface area contributed by atoms with Gasteiger partial charge in [0.05, 0.1) is 16.4 Å². The molecule has 0 radical (unpaired) electrons. The van der Waals surface area contributed by atoms with Crippen molar-refractivity contribution in [3.8, 4) is 0 Å². The summed E-state index contributed by atoms with van der Waals surface area (Å²) in [6.07, 6.45) is 5.19. The van der Waals surface area contributed by atoms with Crippen LogP contribution in [0.1, 0.15) is 23.3 Å². The second-order valence-corrected chi connectivity index (χ2v) is 8.07. The highest BCUT2D eigenvalue weighted by molar-refractivity contribution is 5.99. The van der Waals surface area contributed by atoms with E-state index in [0.29, 0.717) is 25.0 Å². The molecule has 9 heteroatoms. The Morgan fingerprint density at radius 3 is 2.83 bits per heavy atom. The van der Waals surface area contributed by atoms with E-state index >= 15 is 0 Å². The summed E-state index contributed by atoms with van der Waals surface area (Å²) in [7, 11) is 0. The summed E-state index contributed by atoms with van der Waals surface area (Å²) < 4.78 is 27.6. The summed E-state index contributed by atoms with van der Waals surface area (Å²) >= 11 is 0. The zero-order valence-corrected chi connectivity index (χ0v) is 16.0. The van der Waals surface area contributed by atoms with Gasteiger partial charge in [0, 0.05) is 37.3 Å². The fraction of sp³-hybridized carbons (Fsp3) is 0.286. The van der Waals surface area contributed by atoms with Gasteiger partial charge < -0.3 is 19.8 Å². The summed E-state index contributed by atoms with van der Waals surface area (Å²) in [6, 6.07) is 5.53. The molecule has 30 heavy (non-hydrogen) atoms. The minimum atomic E-state index is -0.700. The van der Waals surface area contributed by atoms with Gasteiger partial charge in [0.25, 0.3) is 5.91 Å². The van der Waals surface area contributed by atoms with Crippen molar-refractivity contribution >= 4 is 33.7 Å². The molecule has 7 nitrogen and oxygen atoms in total. The number of hydrogen-bond donors (Lipinski definition) is 2. The highest BCUT2D eigenvalue weighted by Crippen LogP contribution is 2.46. The molecule has 0 atom stereocenters. The molecule has 3 aromatic heterocycles. The zero-order valence-electron chi connectivity index (χ0n) is 16.0. The number of amides is 1. The van der Waals surface area contributed by atoms with Crippen molar-refractivity contribution in [2.75, 3.05) is 24.5 Å². The van der Waals surface area contributed by atoms with Crippen molar-refractivity contribution in [1.29, 1.82) is 0 Å². The van der Waals surface area contributed by atoms with Crippen LogP contribution in [0.15, 0.2) is 36.8 Å². The van der Waals surface area contributed by atoms with Crippen molar-refractivity contribution in [2.24, 2.45) is 0 Å². The van der Waals surface area contributed by atoms with E-state index in [-0.39, 0.29) is 22.7 Å². The van der Waals surface area contributed by atoms with Crippen molar-refractivity contribution in [3.05, 3.63) is 54.1 Å². The van der Waals surface area contributed by atoms with Gasteiger partial charge in [0.1, 0.15) is 35.1 Å². The van der Waals surface area contributed by atoms with Crippen LogP contribution in [0.5, 0.6) is 0 Å². The van der Waals surface area contributed by atoms with E-state index in [4.69, 9.17) is 0 Å². The maximum atomic E-state index is 14.1. The smallest absolute Gasteiger partial charge is 0.270 e. The molecule has 0 unspecified atom stereocenters. The second kappa shape index (κ2) is 6.01. The summed E-state index contributed by atoms with van der Waals surface area (Å²) in [4.78, 5) is 32.0. The van der Waals surface area contributed by atoms with Gasteiger partial charge in [-0.25, -0.2) is 18.7 Å². The number of rotatable bonds is 2. The van der Waals surface area contributed by atoms with E-state index in [1.807, 2.05) is 17.2 Å². The standard InChI is InChI=1S/C21H18F2N6O/c22-13-7-12-8-16(27-17(12)15(23)9-13)20(30)29-6-5-28(10-21(29)2-3-21)19-14-1-4-24-18(14)25-11-26-19/h1,4,7-9,11,27H,2-3,5-6,10H2,(H,24,25,26). The predicted octanol–water partition coefficient (Wildman–Crippen LogP) is 3.21. The number of piperazine rings is 1. The fourth-order valence-electron chi connectivity index (χ4n) is 4.58. The van der Waals surface area contributed by atoms with E-state index in [1.165, 1.54) is 12.1 Å². The third-order valence-corrected chi connectivity index (χ3v) is 6.23. The largest absolute Gasteiger partial charge is 0.352 e. The van der Waals surface area contributed by atoms with Gasteiger partial charge in [-0.1, -0.05) is 0 Å². The lowest BCUT2D eigenvalue weighted by atomic mass is 10.1. The Hall–Kier alpha value is -3.49. The number of nitrogens with zero attached hydrogens (tertiary/aromatic N) is 4. The first-order chi connectivity index (χ1) is 14.5. The van der Waals surface area contributed by atoms with E-state index in [0.717, 1.165) is 35.8 Å². The molecule has 1 saturated carbocycles. The Bertz CT molecular complexity index is 1310. The van der Waals surface area contributed by atoms with Gasteiger partial charge in [0.2, 0.25) is 0 Å². The van der Waals surface area contributed by atoms with Crippen LogP contribution >= 0.6 is 0 Å². The second-order valence-electron chi connectivity index (χ2n) is 8.07. The molecule has 1 aromatic carbocycles. The third-order valence-electron chi connectivity index (χ3n) is 6.23. The lowest BCUT2D eigenvalue weighted by molar-refractivity contribution is 0.0619. The maximum Gasteiger partial charge on any atom is 0.270 e. The SMILES string of the molecule is O=C(c1cc2cc(F)cc(F)c2[nH]1)N1CCN(c2ncnc3[nH]ccc23)CC12CC2. The third kappa shape index (κ3) is 2.51. The number of hydrogen-bond acceptors (Lipinski definition) is 4. The molecule has 4 heterocycles. The Labute approximate surface area is 169 Å². The summed E-state index contributed by atoms with van der Waals surface area (Å²) in [6.45, 7) is 1.84. The van der Waals surface area contributed by atoms with Crippen LogP contribution in [0.2, 0.25) is 0 Å². The molecule has 2 N–H and O–H groups in total. The molecule has 1 saturated heterocycles. The van der Waals surface area contributed by atoms with E-state index in [1.54, 1.807) is 6.33 Å². The quantitative estimate of drug-likeness (QED) is 0.534. The van der Waals surface area contributed by atoms with Crippen LogP contribution in [-0.2, 0) is 0 Å². The summed E-state index contributed by atoms with van der Waals surface area (Å²) in [5, 5.41) is 1.32. The Balaban J connectivity index is 1.30. The van der Waals surface area contributed by atoms with Gasteiger partial charge in [-0.3, -0.25) is 4.79 Å². The number of fused-ring (bicyclic) bond motifs is 2. The Kier molecular flexibility index (Phi) is 3.48. The summed E-state index contributed by atoms with van der Waals surface area (Å²) in [5.74, 6) is -0.680. The van der Waals surface area contributed by atoms with Gasteiger partial charge in [-0.2, -0.15) is 0 Å². The van der Waals surface area contributed by atoms with Crippen molar-refractivity contribution < 1.29 is 13.6 Å². The normalized spacial score (nSPS) is 17.9. The fourth-order valence-corrected chi connectivity index (χ4v) is 4.58. The molecule has 2 aliphatic rings. The average molecular weight is 408 g/mol. The first kappa shape index (κ1) is 17.4. The molecule has 1 aliphatic heterocycles. The van der Waals surface area contributed by atoms with E-state index < -0.39 is 11.6 Å². The summed E-state index contributed by atoms with van der Waals surface area (Å²) in [5.41, 5.74) is 0.961. The lowest BCUT2D eigenvalue weighted by Gasteiger charge is -2.42. The molecule has 1 aliphatic carbocycles. The highest BCUT2D eigenvalue weighted by atomic mass is 19.1. The van der Waals surface area contributed by atoms with Gasteiger partial charge >= 0.3 is 0 Å². The number of nitrogens with one attached hydrogen (secondary N) is 2. The van der Waals surface area contributed by atoms with Crippen LogP contribution in [0, 0.1) is 11.6 Å². The van der Waals surface area contributed by atoms with Crippen LogP contribution in [0.4, 0.5) is 14.6 Å². The van der Waals surface area contributed by atoms with Crippen molar-refractivity contribution in [3.63, 3.8) is 0 Å². The monoisotopic (exact) mass is 408 g/mol. The van der Waals surface area contributed by atoms with Crippen molar-refractivity contribution in [2.45, 2.75) is 18.4 Å². The number of carbonyl (C=O) groups excluding carboxylic acids is 1. The van der Waals surface area contributed by atoms with Crippen LogP contribution in [0.3, 0.4) is 0 Å². The van der Waals surface area contributed by atoms with Crippen LogP contribution < -0.4 is 4.90 Å². The van der Waals surface area contributed by atoms with Crippen LogP contribution in [0.25, 0.3) is 21.9 Å². The molecule has 1 spiro atoms. The number of aromatic nitrogens is 4. The zero-order chi connectivity index (χ0) is 20.5. The number of carbonyl (C=O) groups is 1. The van der Waals surface area contributed by atoms with Gasteiger partial charge in [0.15, 0.2) is 0 Å². The molecular weight excluding hydrogens is 390 g/mol. The molecule has 4 aromatic rings. The van der Waals surface area contributed by atoms with Crippen LogP contribution in [-0.4, -0.2) is 55.9 Å². The lowest BCUT2D eigenvalue weighted by Crippen LogP contribution is -2.57. The minimum absolute atomic E-state index is 0.152. The number of benzene rings is 1. The van der Waals surface area contributed by atoms with Gasteiger partial charge in [-0.15, -0.1) is 0 Å². The molecule has 2 fully saturated rings. The van der Waals surface area contributed by atoms with E-state index in [2.05, 4.69) is 24.8 Å². The average Bonchev–Trinajstić information content (AvgIpc) is 3.16. The minimum Gasteiger partial charge on any atom is -0.352 e. The Morgan fingerprint density at radius 2 is 2.00 bits per heavy atom. The van der Waals surface area contributed by atoms with Crippen molar-refractivity contribution in [1.82, 2.24) is 24.8 Å². The number of anilines is 1. The predicted molar refractivity (Wildman–Crippen MR) is 107 cm³/mol. The number of halogens is 2. The molecule has 0 bridgehead atoms. The maximum absolute atomic E-state index is 14.1. The highest BCUT2D eigenvalue weighted by Gasteiger charge is 2.53. The molecule has 1 amide bonds. The first-order valence-corrected chi connectivity index (χ1v) is 9.87. The number of H-pyrrole nitrogens is 2. The molecular formula is C21H18F2N6O. The Morgan fingerprint density at radius 1 is 1.13 bits per heavy atom. The first-order valence-electron chi connectivity index (χ1n) is 9.87. The molecule has 6 rings (SSSR count). The topological polar surface area (TPSA) is 80.9 Å². The van der Waals surface area contributed by atoms with Gasteiger partial charge in [-0.05, 0) is 31.0 Å². The molecule has 152 valence electrons. The van der Waals surface area contributed by atoms with E-state index in [9.17, 15) is 13.6 Å².